The number of benzene rings is 1. The Bertz CT molecular complexity index is 1530. The van der Waals surface area contributed by atoms with Gasteiger partial charge in [0.2, 0.25) is 0 Å². The second-order valence-electron chi connectivity index (χ2n) is 9.84. The number of nitriles is 1. The molecule has 198 valence electrons. The Hall–Kier alpha value is -4.75. The van der Waals surface area contributed by atoms with Gasteiger partial charge in [0.25, 0.3) is 0 Å². The van der Waals surface area contributed by atoms with Crippen molar-refractivity contribution in [1.29, 1.82) is 10.7 Å². The Kier molecular flexibility index (Phi) is 7.52. The van der Waals surface area contributed by atoms with Crippen molar-refractivity contribution in [2.45, 2.75) is 13.5 Å². The molecule has 0 radical (unpaired) electrons. The van der Waals surface area contributed by atoms with Crippen LogP contribution in [0.15, 0.2) is 67.4 Å². The second kappa shape index (κ2) is 11.3. The number of fused-ring (bicyclic) bond motifs is 1. The first kappa shape index (κ1) is 25.9. The molecule has 1 saturated heterocycles. The summed E-state index contributed by atoms with van der Waals surface area (Å²) in [6.45, 7) is 5.53. The summed E-state index contributed by atoms with van der Waals surface area (Å²) in [5.74, 6) is 1.47. The van der Waals surface area contributed by atoms with Crippen LogP contribution < -0.4 is 15.4 Å². The number of allylic oxidation sites excluding steroid dienone is 1. The number of nitrogens with zero attached hydrogens (tertiary/aromatic N) is 6. The fourth-order valence-corrected chi connectivity index (χ4v) is 4.67. The van der Waals surface area contributed by atoms with Gasteiger partial charge in [-0.05, 0) is 24.1 Å². The third-order valence-electron chi connectivity index (χ3n) is 6.72. The van der Waals surface area contributed by atoms with Crippen LogP contribution in [0.3, 0.4) is 0 Å². The van der Waals surface area contributed by atoms with E-state index in [2.05, 4.69) is 36.6 Å². The van der Waals surface area contributed by atoms with Gasteiger partial charge >= 0.3 is 0 Å². The van der Waals surface area contributed by atoms with Gasteiger partial charge in [0.1, 0.15) is 30.1 Å². The van der Waals surface area contributed by atoms with Crippen molar-refractivity contribution >= 4 is 23.3 Å². The molecule has 1 aromatic carbocycles. The number of hydrogen-bond donors (Lipinski definition) is 3. The van der Waals surface area contributed by atoms with Crippen LogP contribution in [-0.2, 0) is 6.54 Å². The number of imidazole rings is 1. The van der Waals surface area contributed by atoms with Crippen molar-refractivity contribution in [3.8, 4) is 23.2 Å². The van der Waals surface area contributed by atoms with Crippen LogP contribution in [0.5, 0.6) is 5.75 Å². The quantitative estimate of drug-likeness (QED) is 0.254. The lowest BCUT2D eigenvalue weighted by Crippen LogP contribution is -2.54. The molecule has 0 amide bonds. The monoisotopic (exact) mass is 521 g/mol. The van der Waals surface area contributed by atoms with E-state index < -0.39 is 0 Å². The Labute approximate surface area is 227 Å². The van der Waals surface area contributed by atoms with Gasteiger partial charge in [-0.25, -0.2) is 15.0 Å². The van der Waals surface area contributed by atoms with Gasteiger partial charge in [0, 0.05) is 69.5 Å². The molecule has 3 aromatic heterocycles. The topological polar surface area (TPSA) is 127 Å². The van der Waals surface area contributed by atoms with E-state index in [1.54, 1.807) is 18.7 Å². The average Bonchev–Trinajstić information content (AvgIpc) is 3.37. The molecular weight excluding hydrogens is 490 g/mol. The molecule has 4 heterocycles. The normalized spacial score (nSPS) is 14.8. The summed E-state index contributed by atoms with van der Waals surface area (Å²) in [4.78, 5) is 15.6. The molecular formula is C29H31N9O. The van der Waals surface area contributed by atoms with Gasteiger partial charge in [-0.1, -0.05) is 24.3 Å². The molecule has 10 heteroatoms. The standard InChI is InChI=1S/C29H31N9O/c1-29(17-31)18-37(19-29)9-10-39-24-7-8-38-26(16-34-28(38)11-24)25-12-27(36-20-35-25)33-14-21-3-5-22(6-4-21)23(13-30)15-32-2/h3-8,11-13,15-16,20,30,32H,9-10,14,18-19H2,1-2H3,(H,33,35,36)/b23-15+,30-13?. The Balaban J connectivity index is 1.20. The van der Waals surface area contributed by atoms with Crippen molar-refractivity contribution in [2.24, 2.45) is 5.41 Å². The number of aromatic nitrogens is 4. The molecule has 0 spiro atoms. The van der Waals surface area contributed by atoms with Crippen molar-refractivity contribution in [2.75, 3.05) is 38.6 Å². The minimum Gasteiger partial charge on any atom is -0.492 e. The summed E-state index contributed by atoms with van der Waals surface area (Å²) >= 11 is 0. The zero-order valence-electron chi connectivity index (χ0n) is 22.1. The molecule has 0 atom stereocenters. The number of pyridine rings is 1. The highest BCUT2D eigenvalue weighted by Gasteiger charge is 2.38. The summed E-state index contributed by atoms with van der Waals surface area (Å²) in [7, 11) is 1.82. The van der Waals surface area contributed by atoms with Crippen LogP contribution in [0.25, 0.3) is 22.6 Å². The van der Waals surface area contributed by atoms with Crippen molar-refractivity contribution in [1.82, 2.24) is 29.6 Å². The Morgan fingerprint density at radius 3 is 2.74 bits per heavy atom. The van der Waals surface area contributed by atoms with Crippen LogP contribution >= 0.6 is 0 Å². The van der Waals surface area contributed by atoms with E-state index in [4.69, 9.17) is 15.4 Å². The lowest BCUT2D eigenvalue weighted by Gasteiger charge is -2.43. The third kappa shape index (κ3) is 5.89. The molecule has 0 saturated carbocycles. The van der Waals surface area contributed by atoms with Crippen LogP contribution in [-0.4, -0.2) is 63.8 Å². The minimum absolute atomic E-state index is 0.219. The Morgan fingerprint density at radius 2 is 2.00 bits per heavy atom. The maximum absolute atomic E-state index is 9.15. The van der Waals surface area contributed by atoms with Gasteiger partial charge in [0.05, 0.1) is 29.1 Å². The van der Waals surface area contributed by atoms with E-state index in [9.17, 15) is 0 Å². The molecule has 3 N–H and O–H groups in total. The zero-order valence-corrected chi connectivity index (χ0v) is 22.1. The van der Waals surface area contributed by atoms with Crippen LogP contribution in [0, 0.1) is 22.2 Å². The van der Waals surface area contributed by atoms with E-state index in [1.807, 2.05) is 67.0 Å². The Morgan fingerprint density at radius 1 is 1.18 bits per heavy atom. The maximum Gasteiger partial charge on any atom is 0.140 e. The van der Waals surface area contributed by atoms with E-state index in [0.29, 0.717) is 19.0 Å². The van der Waals surface area contributed by atoms with E-state index >= 15 is 0 Å². The van der Waals surface area contributed by atoms with Crippen molar-refractivity contribution in [3.05, 3.63) is 78.5 Å². The summed E-state index contributed by atoms with van der Waals surface area (Å²) in [5, 5.41) is 23.1. The summed E-state index contributed by atoms with van der Waals surface area (Å²) in [5.41, 5.74) is 5.07. The number of rotatable bonds is 11. The lowest BCUT2D eigenvalue weighted by molar-refractivity contribution is 0.0477. The van der Waals surface area contributed by atoms with E-state index in [-0.39, 0.29) is 5.41 Å². The molecule has 0 unspecified atom stereocenters. The highest BCUT2D eigenvalue weighted by Crippen LogP contribution is 2.28. The maximum atomic E-state index is 9.15. The molecule has 4 aromatic rings. The molecule has 0 aliphatic carbocycles. The highest BCUT2D eigenvalue weighted by molar-refractivity contribution is 6.08. The SMILES string of the molecule is CN/C=C(\C=N)c1ccc(CNc2cc(-c3cnc4cc(OCCN5CC(C)(C#N)C5)ccn34)ncn2)cc1. The molecule has 1 aliphatic heterocycles. The number of likely N-dealkylation sites (tertiary alicyclic amines) is 1. The zero-order chi connectivity index (χ0) is 27.2. The average molecular weight is 522 g/mol. The predicted molar refractivity (Wildman–Crippen MR) is 151 cm³/mol. The summed E-state index contributed by atoms with van der Waals surface area (Å²) in [6.07, 6.45) is 8.42. The fourth-order valence-electron chi connectivity index (χ4n) is 4.67. The molecule has 5 rings (SSSR count). The second-order valence-corrected chi connectivity index (χ2v) is 9.84. The van der Waals surface area contributed by atoms with E-state index in [1.165, 1.54) is 6.21 Å². The van der Waals surface area contributed by atoms with Crippen molar-refractivity contribution in [3.63, 3.8) is 0 Å². The van der Waals surface area contributed by atoms with Crippen LogP contribution in [0.1, 0.15) is 18.1 Å². The molecule has 1 aliphatic rings. The molecule has 39 heavy (non-hydrogen) atoms. The van der Waals surface area contributed by atoms with Crippen LogP contribution in [0.4, 0.5) is 5.82 Å². The number of ether oxygens (including phenoxy) is 1. The molecule has 10 nitrogen and oxygen atoms in total. The van der Waals surface area contributed by atoms with Crippen molar-refractivity contribution < 1.29 is 4.74 Å². The number of nitrogens with one attached hydrogen (secondary N) is 3. The highest BCUT2D eigenvalue weighted by atomic mass is 16.5. The number of hydrogen-bond acceptors (Lipinski definition) is 9. The first-order valence-corrected chi connectivity index (χ1v) is 12.8. The van der Waals surface area contributed by atoms with Gasteiger partial charge in [-0.15, -0.1) is 0 Å². The van der Waals surface area contributed by atoms with Gasteiger partial charge in [0.15, 0.2) is 0 Å². The number of anilines is 1. The van der Waals surface area contributed by atoms with Crippen LogP contribution in [0.2, 0.25) is 0 Å². The molecule has 1 fully saturated rings. The van der Waals surface area contributed by atoms with Gasteiger partial charge in [-0.2, -0.15) is 5.26 Å². The lowest BCUT2D eigenvalue weighted by atomic mass is 9.84. The first-order valence-electron chi connectivity index (χ1n) is 12.8. The summed E-state index contributed by atoms with van der Waals surface area (Å²) in [6, 6.07) is 16.2. The third-order valence-corrected chi connectivity index (χ3v) is 6.72. The largest absolute Gasteiger partial charge is 0.492 e. The van der Waals surface area contributed by atoms with Gasteiger partial charge in [-0.3, -0.25) is 9.30 Å². The molecule has 0 bridgehead atoms. The minimum atomic E-state index is -0.219. The van der Waals surface area contributed by atoms with E-state index in [0.717, 1.165) is 59.1 Å². The smallest absolute Gasteiger partial charge is 0.140 e. The predicted octanol–water partition coefficient (Wildman–Crippen LogP) is 3.84. The summed E-state index contributed by atoms with van der Waals surface area (Å²) < 4.78 is 7.92. The first-order chi connectivity index (χ1) is 19.0. The van der Waals surface area contributed by atoms with Gasteiger partial charge < -0.3 is 20.8 Å². The fraction of sp³-hybridized carbons (Fsp3) is 0.276.